The van der Waals surface area contributed by atoms with Gasteiger partial charge in [-0.1, -0.05) is 84.0 Å². The van der Waals surface area contributed by atoms with E-state index in [1.807, 2.05) is 0 Å². The van der Waals surface area contributed by atoms with E-state index in [-0.39, 0.29) is 23.6 Å². The second kappa shape index (κ2) is 20.4. The molecule has 2 N–H and O–H groups in total. The van der Waals surface area contributed by atoms with E-state index in [2.05, 4.69) is 17.6 Å². The maximum atomic E-state index is 12.3. The van der Waals surface area contributed by atoms with Crippen molar-refractivity contribution in [2.45, 2.75) is 154 Å². The van der Waals surface area contributed by atoms with Crippen molar-refractivity contribution in [2.75, 3.05) is 26.4 Å². The van der Waals surface area contributed by atoms with Gasteiger partial charge in [-0.25, -0.2) is 0 Å². The van der Waals surface area contributed by atoms with Crippen LogP contribution in [0.15, 0.2) is 0 Å². The van der Waals surface area contributed by atoms with E-state index in [1.54, 1.807) is 6.92 Å². The van der Waals surface area contributed by atoms with Gasteiger partial charge in [0.2, 0.25) is 11.8 Å². The van der Waals surface area contributed by atoms with Crippen molar-refractivity contribution in [2.24, 2.45) is 5.41 Å². The van der Waals surface area contributed by atoms with Crippen LogP contribution in [0.4, 0.5) is 0 Å². The number of hydrogen-bond acceptors (Lipinski definition) is 5. The summed E-state index contributed by atoms with van der Waals surface area (Å²) in [6.07, 6.45) is 22.8. The molecule has 0 aromatic carbocycles. The zero-order valence-corrected chi connectivity index (χ0v) is 25.2. The van der Waals surface area contributed by atoms with E-state index in [1.165, 1.54) is 77.0 Å². The Labute approximate surface area is 238 Å². The van der Waals surface area contributed by atoms with Crippen molar-refractivity contribution in [1.29, 1.82) is 0 Å². The van der Waals surface area contributed by atoms with Crippen LogP contribution in [0.5, 0.6) is 0 Å². The fourth-order valence-corrected chi connectivity index (χ4v) is 6.11. The number of carbonyl (C=O) groups is 3. The van der Waals surface area contributed by atoms with Gasteiger partial charge in [-0.3, -0.25) is 14.4 Å². The van der Waals surface area contributed by atoms with Crippen LogP contribution < -0.4 is 10.6 Å². The second-order valence-corrected chi connectivity index (χ2v) is 12.3. The van der Waals surface area contributed by atoms with Crippen molar-refractivity contribution in [3.63, 3.8) is 0 Å². The molecule has 0 atom stereocenters. The number of unbranched alkanes of at least 4 members (excludes halogenated alkanes) is 12. The predicted octanol–water partition coefficient (Wildman–Crippen LogP) is 6.41. The van der Waals surface area contributed by atoms with Crippen molar-refractivity contribution < 1.29 is 23.9 Å². The molecule has 2 fully saturated rings. The summed E-state index contributed by atoms with van der Waals surface area (Å²) >= 11 is 0. The standard InChI is InChI=1S/C32H58N2O5/c1-3-4-5-6-7-8-9-10-11-12-13-14-15-16-30(36)33-28-23-32(24-28)25-29(26-32)34-31(37)18-20-39-22-21-38-19-17-27(2)35/h28-29H,3-26H2,1-2H3,(H,33,36)(H,34,37). The van der Waals surface area contributed by atoms with Crippen molar-refractivity contribution in [1.82, 2.24) is 10.6 Å². The Bertz CT molecular complexity index is 684. The zero-order chi connectivity index (χ0) is 28.2. The summed E-state index contributed by atoms with van der Waals surface area (Å²) in [7, 11) is 0. The van der Waals surface area contributed by atoms with Crippen LogP contribution in [0.3, 0.4) is 0 Å². The number of nitrogens with one attached hydrogen (secondary N) is 2. The number of amides is 2. The lowest BCUT2D eigenvalue weighted by Gasteiger charge is -2.57. The summed E-state index contributed by atoms with van der Waals surface area (Å²) in [5.41, 5.74) is 0.332. The van der Waals surface area contributed by atoms with Crippen molar-refractivity contribution in [3.05, 3.63) is 0 Å². The Balaban J connectivity index is 1.34. The molecule has 1 spiro atoms. The number of carbonyl (C=O) groups excluding carboxylic acids is 3. The van der Waals surface area contributed by atoms with E-state index in [9.17, 15) is 14.4 Å². The van der Waals surface area contributed by atoms with Gasteiger partial charge in [-0.2, -0.15) is 0 Å². The van der Waals surface area contributed by atoms with Gasteiger partial charge in [0.25, 0.3) is 0 Å². The van der Waals surface area contributed by atoms with Crippen molar-refractivity contribution in [3.8, 4) is 0 Å². The molecule has 0 radical (unpaired) electrons. The molecule has 2 aliphatic rings. The number of ether oxygens (including phenoxy) is 2. The highest BCUT2D eigenvalue weighted by Crippen LogP contribution is 2.55. The highest BCUT2D eigenvalue weighted by Gasteiger charge is 2.53. The van der Waals surface area contributed by atoms with Crippen molar-refractivity contribution >= 4 is 17.6 Å². The van der Waals surface area contributed by atoms with Gasteiger partial charge >= 0.3 is 0 Å². The first-order chi connectivity index (χ1) is 18.9. The van der Waals surface area contributed by atoms with Gasteiger partial charge in [0.15, 0.2) is 0 Å². The second-order valence-electron chi connectivity index (χ2n) is 12.3. The molecule has 0 bridgehead atoms. The van der Waals surface area contributed by atoms with Gasteiger partial charge in [-0.15, -0.1) is 0 Å². The van der Waals surface area contributed by atoms with Crippen LogP contribution in [-0.4, -0.2) is 56.1 Å². The fraction of sp³-hybridized carbons (Fsp3) is 0.906. The molecule has 7 nitrogen and oxygen atoms in total. The maximum absolute atomic E-state index is 12.3. The van der Waals surface area contributed by atoms with Crippen LogP contribution in [0, 0.1) is 5.41 Å². The van der Waals surface area contributed by atoms with Gasteiger partial charge in [-0.05, 0) is 44.4 Å². The first kappa shape index (κ1) is 33.7. The minimum atomic E-state index is 0.0364. The minimum absolute atomic E-state index is 0.0364. The third-order valence-corrected chi connectivity index (χ3v) is 8.40. The van der Waals surface area contributed by atoms with Gasteiger partial charge in [0.1, 0.15) is 5.78 Å². The van der Waals surface area contributed by atoms with Crippen LogP contribution in [0.2, 0.25) is 0 Å². The summed E-state index contributed by atoms with van der Waals surface area (Å²) in [5, 5.41) is 6.34. The molecule has 0 aromatic rings. The largest absolute Gasteiger partial charge is 0.379 e. The summed E-state index contributed by atoms with van der Waals surface area (Å²) in [5.74, 6) is 0.369. The smallest absolute Gasteiger partial charge is 0.222 e. The Kier molecular flexibility index (Phi) is 17.7. The monoisotopic (exact) mass is 550 g/mol. The molecular formula is C32H58N2O5. The quantitative estimate of drug-likeness (QED) is 0.128. The number of Topliss-reactive ketones (excluding diaryl/α,β-unsaturated/α-hetero) is 1. The Hall–Kier alpha value is -1.47. The SMILES string of the molecule is CCCCCCCCCCCCCCCC(=O)NC1CC2(C1)CC(NC(=O)CCOCCOCCC(C)=O)C2. The number of hydrogen-bond donors (Lipinski definition) is 2. The lowest BCUT2D eigenvalue weighted by molar-refractivity contribution is -0.128. The predicted molar refractivity (Wildman–Crippen MR) is 157 cm³/mol. The summed E-state index contributed by atoms with van der Waals surface area (Å²) in [4.78, 5) is 35.3. The Morgan fingerprint density at radius 3 is 1.46 bits per heavy atom. The molecule has 0 saturated heterocycles. The van der Waals surface area contributed by atoms with Crippen LogP contribution in [0.25, 0.3) is 0 Å². The summed E-state index contributed by atoms with van der Waals surface area (Å²) in [6, 6.07) is 0.581. The lowest BCUT2D eigenvalue weighted by atomic mass is 9.52. The van der Waals surface area contributed by atoms with Gasteiger partial charge < -0.3 is 20.1 Å². The van der Waals surface area contributed by atoms with E-state index in [4.69, 9.17) is 9.47 Å². The fourth-order valence-electron chi connectivity index (χ4n) is 6.11. The maximum Gasteiger partial charge on any atom is 0.222 e. The normalized spacial score (nSPS) is 21.8. The third-order valence-electron chi connectivity index (χ3n) is 8.40. The average Bonchev–Trinajstić information content (AvgIpc) is 2.85. The molecule has 2 amide bonds. The molecule has 0 aromatic heterocycles. The van der Waals surface area contributed by atoms with Gasteiger partial charge in [0, 0.05) is 31.3 Å². The highest BCUT2D eigenvalue weighted by molar-refractivity contribution is 5.77. The summed E-state index contributed by atoms with van der Waals surface area (Å²) < 4.78 is 10.7. The Morgan fingerprint density at radius 2 is 1.00 bits per heavy atom. The van der Waals surface area contributed by atoms with Crippen LogP contribution in [-0.2, 0) is 23.9 Å². The molecule has 0 aliphatic heterocycles. The summed E-state index contributed by atoms with van der Waals surface area (Å²) in [6.45, 7) is 5.50. The van der Waals surface area contributed by atoms with Crippen LogP contribution >= 0.6 is 0 Å². The molecule has 0 unspecified atom stereocenters. The van der Waals surface area contributed by atoms with E-state index < -0.39 is 0 Å². The molecule has 0 heterocycles. The van der Waals surface area contributed by atoms with E-state index in [0.29, 0.717) is 57.1 Å². The molecule has 2 rings (SSSR count). The van der Waals surface area contributed by atoms with Crippen LogP contribution in [0.1, 0.15) is 142 Å². The first-order valence-corrected chi connectivity index (χ1v) is 16.2. The Morgan fingerprint density at radius 1 is 0.590 bits per heavy atom. The molecule has 2 saturated carbocycles. The van der Waals surface area contributed by atoms with Gasteiger partial charge in [0.05, 0.1) is 26.4 Å². The molecule has 7 heteroatoms. The minimum Gasteiger partial charge on any atom is -0.379 e. The lowest BCUT2D eigenvalue weighted by Crippen LogP contribution is -2.61. The molecule has 2 aliphatic carbocycles. The molecule has 226 valence electrons. The number of ketones is 1. The van der Waals surface area contributed by atoms with E-state index >= 15 is 0 Å². The van der Waals surface area contributed by atoms with E-state index in [0.717, 1.165) is 32.1 Å². The highest BCUT2D eigenvalue weighted by atomic mass is 16.5. The number of rotatable bonds is 25. The average molecular weight is 551 g/mol. The zero-order valence-electron chi connectivity index (χ0n) is 25.2. The molecule has 39 heavy (non-hydrogen) atoms. The first-order valence-electron chi connectivity index (χ1n) is 16.2. The molecular weight excluding hydrogens is 492 g/mol. The topological polar surface area (TPSA) is 93.7 Å². The third kappa shape index (κ3) is 15.8.